The third-order valence-corrected chi connectivity index (χ3v) is 6.28. The van der Waals surface area contributed by atoms with Crippen molar-refractivity contribution in [2.24, 2.45) is 5.41 Å². The van der Waals surface area contributed by atoms with Gasteiger partial charge in [-0.15, -0.1) is 0 Å². The highest BCUT2D eigenvalue weighted by Crippen LogP contribution is 2.38. The van der Waals surface area contributed by atoms with Gasteiger partial charge in [0.05, 0.1) is 0 Å². The number of rotatable bonds is 2. The van der Waals surface area contributed by atoms with Crippen LogP contribution in [0.3, 0.4) is 0 Å². The Hall–Kier alpha value is -0.570. The maximum absolute atomic E-state index is 12.7. The van der Waals surface area contributed by atoms with Gasteiger partial charge in [0, 0.05) is 17.0 Å². The van der Waals surface area contributed by atoms with Crippen LogP contribution in [-0.4, -0.2) is 24.0 Å². The smallest absolute Gasteiger partial charge is 0.226 e. The zero-order chi connectivity index (χ0) is 14.8. The summed E-state index contributed by atoms with van der Waals surface area (Å²) in [6.07, 6.45) is 14.9. The standard InChI is InChI=1S/C18H32N2O/c1-17(9-4-2-5-10-17)16(21)20-15-8-13-19-18(14-15)11-6-3-7-12-18/h15,19H,2-14H2,1H3,(H,20,21). The van der Waals surface area contributed by atoms with Crippen LogP contribution >= 0.6 is 0 Å². The number of carbonyl (C=O) groups is 1. The fourth-order valence-corrected chi connectivity index (χ4v) is 4.81. The molecule has 1 atom stereocenters. The zero-order valence-electron chi connectivity index (χ0n) is 13.7. The van der Waals surface area contributed by atoms with Crippen molar-refractivity contribution in [2.45, 2.75) is 95.6 Å². The second-order valence-corrected chi connectivity index (χ2v) is 8.05. The molecule has 1 amide bonds. The normalized spacial score (nSPS) is 31.8. The Morgan fingerprint density at radius 1 is 1.00 bits per heavy atom. The highest BCUT2D eigenvalue weighted by molar-refractivity contribution is 5.82. The Kier molecular flexibility index (Phi) is 4.58. The summed E-state index contributed by atoms with van der Waals surface area (Å²) in [7, 11) is 0. The largest absolute Gasteiger partial charge is 0.353 e. The van der Waals surface area contributed by atoms with Crippen LogP contribution in [0.4, 0.5) is 0 Å². The number of hydrogen-bond donors (Lipinski definition) is 2. The van der Waals surface area contributed by atoms with E-state index < -0.39 is 0 Å². The molecule has 3 aliphatic rings. The van der Waals surface area contributed by atoms with Crippen molar-refractivity contribution in [1.82, 2.24) is 10.6 Å². The van der Waals surface area contributed by atoms with Crippen molar-refractivity contribution >= 4 is 5.91 Å². The summed E-state index contributed by atoms with van der Waals surface area (Å²) in [6.45, 7) is 3.25. The van der Waals surface area contributed by atoms with Gasteiger partial charge >= 0.3 is 0 Å². The Balaban J connectivity index is 1.58. The van der Waals surface area contributed by atoms with Gasteiger partial charge in [-0.1, -0.05) is 45.4 Å². The van der Waals surface area contributed by atoms with E-state index in [1.807, 2.05) is 0 Å². The van der Waals surface area contributed by atoms with E-state index in [1.165, 1.54) is 51.4 Å². The molecule has 3 rings (SSSR count). The van der Waals surface area contributed by atoms with Gasteiger partial charge in [0.15, 0.2) is 0 Å². The molecule has 21 heavy (non-hydrogen) atoms. The second kappa shape index (κ2) is 6.28. The highest BCUT2D eigenvalue weighted by Gasteiger charge is 2.40. The monoisotopic (exact) mass is 292 g/mol. The van der Waals surface area contributed by atoms with Gasteiger partial charge in [0.2, 0.25) is 5.91 Å². The summed E-state index contributed by atoms with van der Waals surface area (Å²) in [4.78, 5) is 12.7. The van der Waals surface area contributed by atoms with Crippen LogP contribution in [0.2, 0.25) is 0 Å². The van der Waals surface area contributed by atoms with Gasteiger partial charge in [0.1, 0.15) is 0 Å². The number of amides is 1. The van der Waals surface area contributed by atoms with Crippen molar-refractivity contribution in [2.75, 3.05) is 6.54 Å². The average Bonchev–Trinajstić information content (AvgIpc) is 2.49. The minimum absolute atomic E-state index is 0.0944. The quantitative estimate of drug-likeness (QED) is 0.817. The van der Waals surface area contributed by atoms with Crippen LogP contribution in [0.5, 0.6) is 0 Å². The molecule has 1 unspecified atom stereocenters. The van der Waals surface area contributed by atoms with Crippen LogP contribution in [0, 0.1) is 5.41 Å². The van der Waals surface area contributed by atoms with Crippen molar-refractivity contribution < 1.29 is 4.79 Å². The molecule has 2 N–H and O–H groups in total. The van der Waals surface area contributed by atoms with Gasteiger partial charge in [-0.3, -0.25) is 4.79 Å². The van der Waals surface area contributed by atoms with Gasteiger partial charge in [-0.05, 0) is 45.1 Å². The Morgan fingerprint density at radius 3 is 2.29 bits per heavy atom. The van der Waals surface area contributed by atoms with Gasteiger partial charge < -0.3 is 10.6 Å². The van der Waals surface area contributed by atoms with Crippen molar-refractivity contribution in [1.29, 1.82) is 0 Å². The first kappa shape index (κ1) is 15.3. The fraction of sp³-hybridized carbons (Fsp3) is 0.944. The highest BCUT2D eigenvalue weighted by atomic mass is 16.2. The maximum atomic E-state index is 12.7. The van der Waals surface area contributed by atoms with Crippen LogP contribution in [0.25, 0.3) is 0 Å². The van der Waals surface area contributed by atoms with E-state index in [-0.39, 0.29) is 5.41 Å². The van der Waals surface area contributed by atoms with Crippen LogP contribution in [0.15, 0.2) is 0 Å². The average molecular weight is 292 g/mol. The molecule has 1 aliphatic heterocycles. The number of piperidine rings is 1. The number of nitrogens with one attached hydrogen (secondary N) is 2. The Labute approximate surface area is 129 Å². The lowest BCUT2D eigenvalue weighted by molar-refractivity contribution is -0.133. The molecule has 0 aromatic carbocycles. The van der Waals surface area contributed by atoms with Crippen molar-refractivity contribution in [3.8, 4) is 0 Å². The summed E-state index contributed by atoms with van der Waals surface area (Å²) in [5.74, 6) is 0.333. The lowest BCUT2D eigenvalue weighted by Crippen LogP contribution is -2.58. The minimum atomic E-state index is -0.0944. The van der Waals surface area contributed by atoms with Crippen LogP contribution in [0.1, 0.15) is 84.0 Å². The first-order chi connectivity index (χ1) is 10.1. The molecule has 3 fully saturated rings. The predicted molar refractivity (Wildman–Crippen MR) is 86.2 cm³/mol. The topological polar surface area (TPSA) is 41.1 Å². The summed E-state index contributed by atoms with van der Waals surface area (Å²) < 4.78 is 0. The predicted octanol–water partition coefficient (Wildman–Crippen LogP) is 3.53. The molecule has 0 aromatic rings. The number of hydrogen-bond acceptors (Lipinski definition) is 2. The molecule has 1 spiro atoms. The third-order valence-electron chi connectivity index (χ3n) is 6.28. The summed E-state index contributed by atoms with van der Waals surface area (Å²) in [5.41, 5.74) is 0.241. The molecule has 120 valence electrons. The molecule has 1 saturated heterocycles. The molecule has 0 radical (unpaired) electrons. The van der Waals surface area contributed by atoms with Gasteiger partial charge in [-0.2, -0.15) is 0 Å². The maximum Gasteiger partial charge on any atom is 0.226 e. The SMILES string of the molecule is CC1(C(=O)NC2CCNC3(CCCCC3)C2)CCCCC1. The van der Waals surface area contributed by atoms with Crippen LogP contribution < -0.4 is 10.6 Å². The zero-order valence-corrected chi connectivity index (χ0v) is 13.7. The molecule has 2 saturated carbocycles. The first-order valence-corrected chi connectivity index (χ1v) is 9.18. The van der Waals surface area contributed by atoms with E-state index in [0.717, 1.165) is 32.2 Å². The van der Waals surface area contributed by atoms with E-state index in [1.54, 1.807) is 0 Å². The second-order valence-electron chi connectivity index (χ2n) is 8.05. The lowest BCUT2D eigenvalue weighted by atomic mass is 9.73. The third kappa shape index (κ3) is 3.44. The van der Waals surface area contributed by atoms with Gasteiger partial charge in [0.25, 0.3) is 0 Å². The van der Waals surface area contributed by atoms with E-state index in [0.29, 0.717) is 17.5 Å². The summed E-state index contributed by atoms with van der Waals surface area (Å²) in [5, 5.41) is 7.20. The van der Waals surface area contributed by atoms with E-state index in [9.17, 15) is 4.79 Å². The van der Waals surface area contributed by atoms with E-state index >= 15 is 0 Å². The van der Waals surface area contributed by atoms with Gasteiger partial charge in [-0.25, -0.2) is 0 Å². The first-order valence-electron chi connectivity index (χ1n) is 9.18. The molecule has 3 heteroatoms. The number of carbonyl (C=O) groups excluding carboxylic acids is 1. The van der Waals surface area contributed by atoms with E-state index in [2.05, 4.69) is 17.6 Å². The fourth-order valence-electron chi connectivity index (χ4n) is 4.81. The van der Waals surface area contributed by atoms with Crippen LogP contribution in [-0.2, 0) is 4.79 Å². The minimum Gasteiger partial charge on any atom is -0.353 e. The summed E-state index contributed by atoms with van der Waals surface area (Å²) >= 11 is 0. The molecule has 2 aliphatic carbocycles. The van der Waals surface area contributed by atoms with Crippen molar-refractivity contribution in [3.63, 3.8) is 0 Å². The Bertz CT molecular complexity index is 362. The molecule has 0 bridgehead atoms. The lowest BCUT2D eigenvalue weighted by Gasteiger charge is -2.45. The summed E-state index contributed by atoms with van der Waals surface area (Å²) in [6, 6.07) is 0.399. The molecular formula is C18H32N2O. The van der Waals surface area contributed by atoms with Crippen molar-refractivity contribution in [3.05, 3.63) is 0 Å². The molecular weight excluding hydrogens is 260 g/mol. The molecule has 0 aromatic heterocycles. The Morgan fingerprint density at radius 2 is 1.62 bits per heavy atom. The molecule has 1 heterocycles. The van der Waals surface area contributed by atoms with E-state index in [4.69, 9.17) is 0 Å². The molecule has 3 nitrogen and oxygen atoms in total.